The highest BCUT2D eigenvalue weighted by molar-refractivity contribution is 6.36. The summed E-state index contributed by atoms with van der Waals surface area (Å²) in [6, 6.07) is 5.29. The van der Waals surface area contributed by atoms with Gasteiger partial charge in [0.05, 0.1) is 29.6 Å². The molecule has 2 N–H and O–H groups in total. The molecular weight excluding hydrogens is 361 g/mol. The Morgan fingerprint density at radius 3 is 2.57 bits per heavy atom. The fourth-order valence-electron chi connectivity index (χ4n) is 1.98. The Morgan fingerprint density at radius 2 is 1.91 bits per heavy atom. The lowest BCUT2D eigenvalue weighted by Crippen LogP contribution is -2.12. The van der Waals surface area contributed by atoms with E-state index in [9.17, 15) is 4.79 Å². The minimum atomic E-state index is -0.400. The van der Waals surface area contributed by atoms with Gasteiger partial charge in [-0.3, -0.25) is 14.6 Å². The van der Waals surface area contributed by atoms with Gasteiger partial charge in [-0.15, -0.1) is 0 Å². The molecule has 0 fully saturated rings. The summed E-state index contributed by atoms with van der Waals surface area (Å²) in [5.41, 5.74) is 1.46. The van der Waals surface area contributed by atoms with E-state index in [0.29, 0.717) is 22.3 Å². The van der Waals surface area contributed by atoms with Crippen LogP contribution in [0.4, 0.5) is 5.69 Å². The fraction of sp³-hybridized carbons (Fsp3) is 0.0714. The van der Waals surface area contributed by atoms with Crippen molar-refractivity contribution in [2.24, 2.45) is 0 Å². The van der Waals surface area contributed by atoms with Gasteiger partial charge < -0.3 is 5.32 Å². The minimum Gasteiger partial charge on any atom is -0.318 e. The second-order valence-corrected chi connectivity index (χ2v) is 5.90. The zero-order valence-corrected chi connectivity index (χ0v) is 13.8. The molecule has 1 amide bonds. The van der Waals surface area contributed by atoms with Crippen molar-refractivity contribution in [3.8, 4) is 0 Å². The molecule has 0 spiro atoms. The summed E-state index contributed by atoms with van der Waals surface area (Å²) in [6.45, 7) is 0.388. The molecule has 0 radical (unpaired) electrons. The van der Waals surface area contributed by atoms with E-state index in [2.05, 4.69) is 20.6 Å². The van der Waals surface area contributed by atoms with Gasteiger partial charge in [-0.2, -0.15) is 10.2 Å². The maximum Gasteiger partial charge on any atom is 0.275 e. The molecule has 3 aromatic rings. The number of hydrogen-bond acceptors (Lipinski definition) is 3. The van der Waals surface area contributed by atoms with E-state index < -0.39 is 5.91 Å². The quantitative estimate of drug-likeness (QED) is 0.732. The van der Waals surface area contributed by atoms with Crippen molar-refractivity contribution in [2.75, 3.05) is 5.32 Å². The smallest absolute Gasteiger partial charge is 0.275 e. The summed E-state index contributed by atoms with van der Waals surface area (Å²) in [7, 11) is 0. The second kappa shape index (κ2) is 6.62. The number of rotatable bonds is 4. The lowest BCUT2D eigenvalue weighted by Gasteiger charge is -2.06. The highest BCUT2D eigenvalue weighted by atomic mass is 35.5. The van der Waals surface area contributed by atoms with Crippen molar-refractivity contribution in [1.82, 2.24) is 20.0 Å². The Kier molecular flexibility index (Phi) is 4.56. The molecule has 3 rings (SSSR count). The molecule has 6 nitrogen and oxygen atoms in total. The van der Waals surface area contributed by atoms with Crippen molar-refractivity contribution in [3.63, 3.8) is 0 Å². The van der Waals surface area contributed by atoms with Crippen LogP contribution in [0, 0.1) is 0 Å². The van der Waals surface area contributed by atoms with Crippen LogP contribution in [0.15, 0.2) is 36.8 Å². The van der Waals surface area contributed by atoms with E-state index in [1.54, 1.807) is 29.1 Å². The summed E-state index contributed by atoms with van der Waals surface area (Å²) in [5, 5.41) is 14.4. The SMILES string of the molecule is O=C(Nc1cnn(Cc2c(Cl)cccc2Cl)c1)c1[nH]ncc1Cl. The van der Waals surface area contributed by atoms with Gasteiger partial charge in [0, 0.05) is 21.8 Å². The molecule has 2 aromatic heterocycles. The van der Waals surface area contributed by atoms with Gasteiger partial charge in [0.2, 0.25) is 0 Å². The lowest BCUT2D eigenvalue weighted by molar-refractivity contribution is 0.102. The van der Waals surface area contributed by atoms with Crippen LogP contribution in [-0.2, 0) is 6.54 Å². The van der Waals surface area contributed by atoms with E-state index in [4.69, 9.17) is 34.8 Å². The first kappa shape index (κ1) is 15.9. The third-order valence-electron chi connectivity index (χ3n) is 3.09. The zero-order chi connectivity index (χ0) is 16.4. The summed E-state index contributed by atoms with van der Waals surface area (Å²) in [5.74, 6) is -0.400. The number of hydrogen-bond donors (Lipinski definition) is 2. The van der Waals surface area contributed by atoms with E-state index in [0.717, 1.165) is 5.56 Å². The third kappa shape index (κ3) is 3.50. The van der Waals surface area contributed by atoms with E-state index in [1.165, 1.54) is 12.4 Å². The third-order valence-corrected chi connectivity index (χ3v) is 4.09. The Labute approximate surface area is 146 Å². The van der Waals surface area contributed by atoms with Crippen LogP contribution in [-0.4, -0.2) is 25.9 Å². The average molecular weight is 371 g/mol. The average Bonchev–Trinajstić information content (AvgIpc) is 3.12. The number of aromatic nitrogens is 4. The molecule has 23 heavy (non-hydrogen) atoms. The molecule has 0 saturated heterocycles. The van der Waals surface area contributed by atoms with Crippen LogP contribution in [0.1, 0.15) is 16.1 Å². The minimum absolute atomic E-state index is 0.188. The lowest BCUT2D eigenvalue weighted by atomic mass is 10.2. The maximum atomic E-state index is 12.0. The Balaban J connectivity index is 1.74. The topological polar surface area (TPSA) is 75.6 Å². The number of halogens is 3. The first-order valence-corrected chi connectivity index (χ1v) is 7.63. The number of benzene rings is 1. The number of anilines is 1. The number of carbonyl (C=O) groups is 1. The molecule has 9 heteroatoms. The normalized spacial score (nSPS) is 10.7. The summed E-state index contributed by atoms with van der Waals surface area (Å²) in [6.07, 6.45) is 4.55. The van der Waals surface area contributed by atoms with Gasteiger partial charge in [0.1, 0.15) is 5.69 Å². The van der Waals surface area contributed by atoms with E-state index in [-0.39, 0.29) is 10.7 Å². The molecular formula is C14H10Cl3N5O. The van der Waals surface area contributed by atoms with Gasteiger partial charge in [0.25, 0.3) is 5.91 Å². The van der Waals surface area contributed by atoms with Crippen molar-refractivity contribution in [3.05, 3.63) is 63.1 Å². The molecule has 0 aliphatic heterocycles. The van der Waals surface area contributed by atoms with Gasteiger partial charge >= 0.3 is 0 Å². The van der Waals surface area contributed by atoms with Crippen LogP contribution in [0.2, 0.25) is 15.1 Å². The predicted molar refractivity (Wildman–Crippen MR) is 89.3 cm³/mol. The van der Waals surface area contributed by atoms with Crippen LogP contribution in [0.3, 0.4) is 0 Å². The first-order chi connectivity index (χ1) is 11.0. The van der Waals surface area contributed by atoms with Crippen LogP contribution >= 0.6 is 34.8 Å². The molecule has 0 bridgehead atoms. The number of nitrogens with one attached hydrogen (secondary N) is 2. The van der Waals surface area contributed by atoms with Crippen molar-refractivity contribution >= 4 is 46.4 Å². The maximum absolute atomic E-state index is 12.0. The van der Waals surface area contributed by atoms with E-state index in [1.807, 2.05) is 0 Å². The van der Waals surface area contributed by atoms with Crippen LogP contribution in [0.25, 0.3) is 0 Å². The summed E-state index contributed by atoms with van der Waals surface area (Å²) in [4.78, 5) is 12.0. The molecule has 0 atom stereocenters. The van der Waals surface area contributed by atoms with Gasteiger partial charge in [0.15, 0.2) is 0 Å². The monoisotopic (exact) mass is 369 g/mol. The van der Waals surface area contributed by atoms with Crippen molar-refractivity contribution in [1.29, 1.82) is 0 Å². The highest BCUT2D eigenvalue weighted by Gasteiger charge is 2.14. The molecule has 0 aliphatic carbocycles. The molecule has 1 aromatic carbocycles. The van der Waals surface area contributed by atoms with Crippen molar-refractivity contribution < 1.29 is 4.79 Å². The first-order valence-electron chi connectivity index (χ1n) is 6.50. The number of aromatic amines is 1. The number of carbonyl (C=O) groups excluding carboxylic acids is 1. The summed E-state index contributed by atoms with van der Waals surface area (Å²) >= 11 is 18.1. The molecule has 0 saturated carbocycles. The largest absolute Gasteiger partial charge is 0.318 e. The molecule has 0 aliphatic rings. The standard InChI is InChI=1S/C14H10Cl3N5O/c15-10-2-1-3-11(16)9(10)7-22-6-8(4-19-22)20-14(23)13-12(17)5-18-21-13/h1-6H,7H2,(H,18,21)(H,20,23). The number of nitrogens with zero attached hydrogens (tertiary/aromatic N) is 3. The Morgan fingerprint density at radius 1 is 1.17 bits per heavy atom. The summed E-state index contributed by atoms with van der Waals surface area (Å²) < 4.78 is 1.62. The number of H-pyrrole nitrogens is 1. The van der Waals surface area contributed by atoms with Gasteiger partial charge in [-0.1, -0.05) is 40.9 Å². The molecule has 118 valence electrons. The highest BCUT2D eigenvalue weighted by Crippen LogP contribution is 2.25. The number of amides is 1. The Hall–Kier alpha value is -2.02. The van der Waals surface area contributed by atoms with Crippen molar-refractivity contribution in [2.45, 2.75) is 6.54 Å². The molecule has 2 heterocycles. The van der Waals surface area contributed by atoms with Gasteiger partial charge in [-0.25, -0.2) is 0 Å². The predicted octanol–water partition coefficient (Wildman–Crippen LogP) is 3.87. The van der Waals surface area contributed by atoms with Crippen LogP contribution in [0.5, 0.6) is 0 Å². The van der Waals surface area contributed by atoms with Crippen LogP contribution < -0.4 is 5.32 Å². The fourth-order valence-corrected chi connectivity index (χ4v) is 2.68. The second-order valence-electron chi connectivity index (χ2n) is 4.67. The Bertz CT molecular complexity index is 837. The van der Waals surface area contributed by atoms with Gasteiger partial charge in [-0.05, 0) is 12.1 Å². The molecule has 0 unspecified atom stereocenters. The van der Waals surface area contributed by atoms with E-state index >= 15 is 0 Å². The zero-order valence-electron chi connectivity index (χ0n) is 11.6.